The summed E-state index contributed by atoms with van der Waals surface area (Å²) in [5, 5.41) is 10.4. The Hall–Kier alpha value is -1.76. The topological polar surface area (TPSA) is 95.5 Å². The van der Waals surface area contributed by atoms with E-state index in [4.69, 9.17) is 5.73 Å². The van der Waals surface area contributed by atoms with E-state index in [9.17, 15) is 14.9 Å². The molecule has 0 unspecified atom stereocenters. The van der Waals surface area contributed by atoms with Crippen molar-refractivity contribution in [2.24, 2.45) is 0 Å². The number of hydrogen-bond donors (Lipinski definition) is 1. The molecular formula is C9H10N2O4S. The Balaban J connectivity index is 2.75. The number of thioether (sulfide) groups is 1. The number of benzene rings is 1. The highest BCUT2D eigenvalue weighted by atomic mass is 32.2. The molecule has 1 aromatic carbocycles. The lowest BCUT2D eigenvalue weighted by atomic mass is 10.3. The minimum absolute atomic E-state index is 0.0695. The molecular weight excluding hydrogens is 232 g/mol. The Morgan fingerprint density at radius 1 is 1.62 bits per heavy atom. The largest absolute Gasteiger partial charge is 0.468 e. The van der Waals surface area contributed by atoms with E-state index in [1.807, 2.05) is 0 Å². The number of methoxy groups -OCH3 is 1. The predicted octanol–water partition coefficient (Wildman–Crippen LogP) is 1.44. The summed E-state index contributed by atoms with van der Waals surface area (Å²) < 4.78 is 4.46. The zero-order chi connectivity index (χ0) is 12.1. The zero-order valence-electron chi connectivity index (χ0n) is 8.50. The maximum absolute atomic E-state index is 10.9. The van der Waals surface area contributed by atoms with Crippen LogP contribution in [0.15, 0.2) is 23.1 Å². The lowest BCUT2D eigenvalue weighted by Crippen LogP contribution is -2.03. The summed E-state index contributed by atoms with van der Waals surface area (Å²) in [4.78, 5) is 21.4. The average Bonchev–Trinajstić information content (AvgIpc) is 2.26. The van der Waals surface area contributed by atoms with Crippen molar-refractivity contribution in [1.82, 2.24) is 0 Å². The predicted molar refractivity (Wildman–Crippen MR) is 60.2 cm³/mol. The van der Waals surface area contributed by atoms with Crippen LogP contribution in [0.5, 0.6) is 0 Å². The van der Waals surface area contributed by atoms with Crippen molar-refractivity contribution in [2.75, 3.05) is 18.6 Å². The van der Waals surface area contributed by atoms with Crippen LogP contribution in [0.25, 0.3) is 0 Å². The summed E-state index contributed by atoms with van der Waals surface area (Å²) in [6.07, 6.45) is 0. The van der Waals surface area contributed by atoms with Gasteiger partial charge in [-0.05, 0) is 6.07 Å². The van der Waals surface area contributed by atoms with Gasteiger partial charge >= 0.3 is 5.97 Å². The number of nitrogens with zero attached hydrogens (tertiary/aromatic N) is 1. The lowest BCUT2D eigenvalue weighted by Gasteiger charge is -2.03. The van der Waals surface area contributed by atoms with Crippen molar-refractivity contribution in [3.63, 3.8) is 0 Å². The standard InChI is InChI=1S/C9H10N2O4S/c1-15-9(12)5-16-8-3-2-6(11(13)14)4-7(8)10/h2-4H,5,10H2,1H3. The van der Waals surface area contributed by atoms with Crippen LogP contribution in [0.3, 0.4) is 0 Å². The molecule has 0 aliphatic carbocycles. The van der Waals surface area contributed by atoms with Crippen LogP contribution >= 0.6 is 11.8 Å². The van der Waals surface area contributed by atoms with E-state index in [-0.39, 0.29) is 23.1 Å². The van der Waals surface area contributed by atoms with Gasteiger partial charge in [0.1, 0.15) is 0 Å². The molecule has 16 heavy (non-hydrogen) atoms. The number of nitro groups is 1. The smallest absolute Gasteiger partial charge is 0.315 e. The monoisotopic (exact) mass is 242 g/mol. The summed E-state index contributed by atoms with van der Waals surface area (Å²) in [6, 6.07) is 4.12. The highest BCUT2D eigenvalue weighted by Gasteiger charge is 2.10. The van der Waals surface area contributed by atoms with Gasteiger partial charge in [0.05, 0.1) is 23.5 Å². The van der Waals surface area contributed by atoms with Gasteiger partial charge in [0.2, 0.25) is 0 Å². The number of nitro benzene ring substituents is 1. The number of non-ortho nitro benzene ring substituents is 1. The van der Waals surface area contributed by atoms with Crippen LogP contribution in [0.1, 0.15) is 0 Å². The van der Waals surface area contributed by atoms with E-state index in [0.717, 1.165) is 0 Å². The first-order valence-electron chi connectivity index (χ1n) is 4.28. The van der Waals surface area contributed by atoms with Crippen LogP contribution in [0, 0.1) is 10.1 Å². The molecule has 0 amide bonds. The number of ether oxygens (including phenoxy) is 1. The van der Waals surface area contributed by atoms with Gasteiger partial charge in [0.15, 0.2) is 0 Å². The molecule has 0 fully saturated rings. The molecule has 0 aromatic heterocycles. The van der Waals surface area contributed by atoms with E-state index in [0.29, 0.717) is 4.90 Å². The van der Waals surface area contributed by atoms with Crippen molar-refractivity contribution in [3.8, 4) is 0 Å². The summed E-state index contributed by atoms with van der Waals surface area (Å²) in [5.74, 6) is -0.249. The zero-order valence-corrected chi connectivity index (χ0v) is 9.32. The molecule has 1 rings (SSSR count). The number of carbonyl (C=O) groups is 1. The fourth-order valence-corrected chi connectivity index (χ4v) is 1.76. The number of carbonyl (C=O) groups excluding carboxylic acids is 1. The Morgan fingerprint density at radius 3 is 2.81 bits per heavy atom. The molecule has 1 aromatic rings. The molecule has 0 saturated heterocycles. The molecule has 2 N–H and O–H groups in total. The van der Waals surface area contributed by atoms with Crippen LogP contribution in [-0.2, 0) is 9.53 Å². The molecule has 0 saturated carbocycles. The van der Waals surface area contributed by atoms with E-state index >= 15 is 0 Å². The maximum Gasteiger partial charge on any atom is 0.315 e. The Morgan fingerprint density at radius 2 is 2.31 bits per heavy atom. The van der Waals surface area contributed by atoms with Gasteiger partial charge in [-0.15, -0.1) is 11.8 Å². The van der Waals surface area contributed by atoms with Crippen LogP contribution in [0.2, 0.25) is 0 Å². The summed E-state index contributed by atoms with van der Waals surface area (Å²) in [5.41, 5.74) is 5.82. The first kappa shape index (κ1) is 12.3. The van der Waals surface area contributed by atoms with Crippen LogP contribution in [-0.4, -0.2) is 23.8 Å². The average molecular weight is 242 g/mol. The minimum Gasteiger partial charge on any atom is -0.468 e. The second-order valence-corrected chi connectivity index (χ2v) is 3.86. The highest BCUT2D eigenvalue weighted by molar-refractivity contribution is 8.00. The van der Waals surface area contributed by atoms with Crippen molar-refractivity contribution in [1.29, 1.82) is 0 Å². The van der Waals surface area contributed by atoms with Gasteiger partial charge in [-0.2, -0.15) is 0 Å². The van der Waals surface area contributed by atoms with E-state index in [1.54, 1.807) is 0 Å². The third-order valence-corrected chi connectivity index (χ3v) is 2.84. The molecule has 0 aliphatic heterocycles. The molecule has 0 bridgehead atoms. The minimum atomic E-state index is -0.523. The van der Waals surface area contributed by atoms with E-state index in [1.165, 1.54) is 37.1 Å². The quantitative estimate of drug-likeness (QED) is 0.282. The second kappa shape index (κ2) is 5.36. The van der Waals surface area contributed by atoms with Gasteiger partial charge in [-0.3, -0.25) is 14.9 Å². The number of nitrogens with two attached hydrogens (primary N) is 1. The van der Waals surface area contributed by atoms with Crippen LogP contribution < -0.4 is 5.73 Å². The fraction of sp³-hybridized carbons (Fsp3) is 0.222. The number of esters is 1. The molecule has 0 atom stereocenters. The third kappa shape index (κ3) is 3.13. The Labute approximate surface area is 95.9 Å². The number of hydrogen-bond acceptors (Lipinski definition) is 6. The SMILES string of the molecule is COC(=O)CSc1ccc([N+](=O)[O-])cc1N. The van der Waals surface area contributed by atoms with Gasteiger partial charge in [0.25, 0.3) is 5.69 Å². The second-order valence-electron chi connectivity index (χ2n) is 2.84. The normalized spacial score (nSPS) is 9.81. The van der Waals surface area contributed by atoms with Crippen molar-refractivity contribution < 1.29 is 14.5 Å². The number of rotatable bonds is 4. The Kier molecular flexibility index (Phi) is 4.12. The van der Waals surface area contributed by atoms with Gasteiger partial charge in [0, 0.05) is 17.0 Å². The molecule has 0 heterocycles. The lowest BCUT2D eigenvalue weighted by molar-refractivity contribution is -0.384. The number of anilines is 1. The Bertz CT molecular complexity index is 422. The molecule has 7 heteroatoms. The number of nitrogen functional groups attached to an aromatic ring is 1. The molecule has 0 spiro atoms. The molecule has 0 aliphatic rings. The fourth-order valence-electron chi connectivity index (χ4n) is 0.976. The van der Waals surface area contributed by atoms with Crippen molar-refractivity contribution >= 4 is 29.1 Å². The first-order chi connectivity index (χ1) is 7.54. The van der Waals surface area contributed by atoms with Gasteiger partial charge in [-0.1, -0.05) is 0 Å². The van der Waals surface area contributed by atoms with Crippen LogP contribution in [0.4, 0.5) is 11.4 Å². The van der Waals surface area contributed by atoms with E-state index < -0.39 is 4.92 Å². The van der Waals surface area contributed by atoms with Gasteiger partial charge in [-0.25, -0.2) is 0 Å². The van der Waals surface area contributed by atoms with Gasteiger partial charge < -0.3 is 10.5 Å². The molecule has 6 nitrogen and oxygen atoms in total. The van der Waals surface area contributed by atoms with E-state index in [2.05, 4.69) is 4.74 Å². The highest BCUT2D eigenvalue weighted by Crippen LogP contribution is 2.28. The molecule has 86 valence electrons. The summed E-state index contributed by atoms with van der Waals surface area (Å²) >= 11 is 1.18. The summed E-state index contributed by atoms with van der Waals surface area (Å²) in [6.45, 7) is 0. The maximum atomic E-state index is 10.9. The van der Waals surface area contributed by atoms with Crippen molar-refractivity contribution in [2.45, 2.75) is 4.90 Å². The third-order valence-electron chi connectivity index (χ3n) is 1.78. The van der Waals surface area contributed by atoms with Crippen molar-refractivity contribution in [3.05, 3.63) is 28.3 Å². The molecule has 0 radical (unpaired) electrons. The first-order valence-corrected chi connectivity index (χ1v) is 5.26. The summed E-state index contributed by atoms with van der Waals surface area (Å²) in [7, 11) is 1.29.